The van der Waals surface area contributed by atoms with Crippen LogP contribution in [0.3, 0.4) is 0 Å². The van der Waals surface area contributed by atoms with E-state index in [1.165, 1.54) is 17.9 Å². The molecule has 2 atom stereocenters. The predicted molar refractivity (Wildman–Crippen MR) is 98.2 cm³/mol. The van der Waals surface area contributed by atoms with Crippen LogP contribution in [0.5, 0.6) is 0 Å². The van der Waals surface area contributed by atoms with Gasteiger partial charge in [0.05, 0.1) is 25.7 Å². The summed E-state index contributed by atoms with van der Waals surface area (Å²) in [6.07, 6.45) is -0.186. The summed E-state index contributed by atoms with van der Waals surface area (Å²) in [5, 5.41) is 11.3. The third-order valence-corrected chi connectivity index (χ3v) is 4.68. The van der Waals surface area contributed by atoms with Crippen molar-refractivity contribution in [3.8, 4) is 6.07 Å². The second kappa shape index (κ2) is 8.08. The Bertz CT molecular complexity index is 787. The molecule has 0 spiro atoms. The maximum atomic E-state index is 14.2. The molecule has 3 rings (SSSR count). The van der Waals surface area contributed by atoms with Gasteiger partial charge in [0.1, 0.15) is 12.3 Å². The van der Waals surface area contributed by atoms with E-state index in [0.29, 0.717) is 30.8 Å². The van der Waals surface area contributed by atoms with E-state index in [1.54, 1.807) is 12.1 Å². The van der Waals surface area contributed by atoms with Crippen LogP contribution < -0.4 is 15.1 Å². The van der Waals surface area contributed by atoms with Gasteiger partial charge in [-0.25, -0.2) is 9.18 Å². The van der Waals surface area contributed by atoms with Crippen molar-refractivity contribution in [2.45, 2.75) is 25.6 Å². The SMILES string of the molecule is CC(=O)NCC1CN(c2ccc(N3CCC(=CC#N)C(F)C3)cc2)C(=O)O1. The fourth-order valence-electron chi connectivity index (χ4n) is 3.24. The van der Waals surface area contributed by atoms with E-state index >= 15 is 0 Å². The molecule has 7 nitrogen and oxygen atoms in total. The molecular formula is C19H21FN4O3. The molecule has 1 N–H and O–H groups in total. The van der Waals surface area contributed by atoms with Crippen LogP contribution in [0.25, 0.3) is 0 Å². The van der Waals surface area contributed by atoms with Crippen LogP contribution in [0.4, 0.5) is 20.6 Å². The van der Waals surface area contributed by atoms with E-state index in [0.717, 1.165) is 5.69 Å². The minimum Gasteiger partial charge on any atom is -0.442 e. The van der Waals surface area contributed by atoms with E-state index in [4.69, 9.17) is 10.00 Å². The summed E-state index contributed by atoms with van der Waals surface area (Å²) in [5.74, 6) is -0.172. The first-order chi connectivity index (χ1) is 13.0. The van der Waals surface area contributed by atoms with Gasteiger partial charge in [-0.15, -0.1) is 0 Å². The van der Waals surface area contributed by atoms with Crippen molar-refractivity contribution in [3.05, 3.63) is 35.9 Å². The molecular weight excluding hydrogens is 351 g/mol. The topological polar surface area (TPSA) is 85.7 Å². The molecule has 8 heteroatoms. The van der Waals surface area contributed by atoms with Crippen molar-refractivity contribution in [2.75, 3.05) is 36.0 Å². The summed E-state index contributed by atoms with van der Waals surface area (Å²) < 4.78 is 19.4. The molecule has 2 aliphatic heterocycles. The molecule has 1 aromatic carbocycles. The highest BCUT2D eigenvalue weighted by atomic mass is 19.1. The van der Waals surface area contributed by atoms with Crippen LogP contribution in [0.15, 0.2) is 35.9 Å². The molecule has 0 aliphatic carbocycles. The number of piperidine rings is 1. The number of carbonyl (C=O) groups excluding carboxylic acids is 2. The fourth-order valence-corrected chi connectivity index (χ4v) is 3.24. The first-order valence-electron chi connectivity index (χ1n) is 8.78. The molecule has 2 heterocycles. The Hall–Kier alpha value is -3.08. The molecule has 1 aromatic rings. The molecule has 2 fully saturated rings. The van der Waals surface area contributed by atoms with Crippen LogP contribution in [-0.4, -0.2) is 50.5 Å². The summed E-state index contributed by atoms with van der Waals surface area (Å²) in [4.78, 5) is 26.5. The molecule has 0 saturated carbocycles. The number of nitrogens with one attached hydrogen (secondary N) is 1. The number of hydrogen-bond donors (Lipinski definition) is 1. The number of benzene rings is 1. The molecule has 2 unspecified atom stereocenters. The van der Waals surface area contributed by atoms with E-state index in [1.807, 2.05) is 23.1 Å². The zero-order valence-corrected chi connectivity index (χ0v) is 15.0. The summed E-state index contributed by atoms with van der Waals surface area (Å²) >= 11 is 0. The Labute approximate surface area is 157 Å². The summed E-state index contributed by atoms with van der Waals surface area (Å²) in [5.41, 5.74) is 2.09. The molecule has 142 valence electrons. The number of rotatable bonds is 4. The largest absolute Gasteiger partial charge is 0.442 e. The van der Waals surface area contributed by atoms with Gasteiger partial charge in [0, 0.05) is 30.9 Å². The van der Waals surface area contributed by atoms with E-state index in [9.17, 15) is 14.0 Å². The maximum absolute atomic E-state index is 14.2. The number of allylic oxidation sites excluding steroid dienone is 1. The maximum Gasteiger partial charge on any atom is 0.414 e. The highest BCUT2D eigenvalue weighted by Crippen LogP contribution is 2.28. The van der Waals surface area contributed by atoms with Crippen molar-refractivity contribution in [3.63, 3.8) is 0 Å². The Morgan fingerprint density at radius 3 is 2.70 bits per heavy atom. The van der Waals surface area contributed by atoms with Gasteiger partial charge in [0.15, 0.2) is 0 Å². The van der Waals surface area contributed by atoms with Crippen molar-refractivity contribution in [2.24, 2.45) is 0 Å². The van der Waals surface area contributed by atoms with Crippen molar-refractivity contribution >= 4 is 23.4 Å². The number of anilines is 2. The molecule has 0 bridgehead atoms. The molecule has 2 amide bonds. The van der Waals surface area contributed by atoms with Crippen molar-refractivity contribution in [1.82, 2.24) is 5.32 Å². The summed E-state index contributed by atoms with van der Waals surface area (Å²) in [6, 6.07) is 9.17. The van der Waals surface area contributed by atoms with Gasteiger partial charge in [-0.3, -0.25) is 9.69 Å². The summed E-state index contributed by atoms with van der Waals surface area (Å²) in [7, 11) is 0. The molecule has 0 aromatic heterocycles. The number of halogens is 1. The lowest BCUT2D eigenvalue weighted by atomic mass is 10.0. The Kier molecular flexibility index (Phi) is 5.60. The highest BCUT2D eigenvalue weighted by Gasteiger charge is 2.32. The third kappa shape index (κ3) is 4.37. The molecule has 0 radical (unpaired) electrons. The highest BCUT2D eigenvalue weighted by molar-refractivity contribution is 5.90. The van der Waals surface area contributed by atoms with Crippen molar-refractivity contribution < 1.29 is 18.7 Å². The number of hydrogen-bond acceptors (Lipinski definition) is 5. The second-order valence-corrected chi connectivity index (χ2v) is 6.58. The number of alkyl halides is 1. The van der Waals surface area contributed by atoms with Gasteiger partial charge in [-0.1, -0.05) is 0 Å². The van der Waals surface area contributed by atoms with Crippen LogP contribution in [0.2, 0.25) is 0 Å². The molecule has 2 aliphatic rings. The Morgan fingerprint density at radius 1 is 1.37 bits per heavy atom. The third-order valence-electron chi connectivity index (χ3n) is 4.68. The lowest BCUT2D eigenvalue weighted by molar-refractivity contribution is -0.119. The number of amides is 2. The first-order valence-corrected chi connectivity index (χ1v) is 8.78. The van der Waals surface area contributed by atoms with Gasteiger partial charge in [-0.05, 0) is 36.3 Å². The van der Waals surface area contributed by atoms with E-state index < -0.39 is 12.3 Å². The predicted octanol–water partition coefficient (Wildman–Crippen LogP) is 2.15. The normalized spacial score (nSPS) is 23.9. The zero-order valence-electron chi connectivity index (χ0n) is 15.0. The van der Waals surface area contributed by atoms with E-state index in [-0.39, 0.29) is 25.1 Å². The lowest BCUT2D eigenvalue weighted by Gasteiger charge is -2.32. The van der Waals surface area contributed by atoms with Gasteiger partial charge < -0.3 is 15.0 Å². The van der Waals surface area contributed by atoms with Crippen molar-refractivity contribution in [1.29, 1.82) is 5.26 Å². The number of nitrogens with zero attached hydrogens (tertiary/aromatic N) is 3. The fraction of sp³-hybridized carbons (Fsp3) is 0.421. The Balaban J connectivity index is 1.62. The van der Waals surface area contributed by atoms with Gasteiger partial charge in [-0.2, -0.15) is 5.26 Å². The Morgan fingerprint density at radius 2 is 2.07 bits per heavy atom. The van der Waals surface area contributed by atoms with Crippen LogP contribution >= 0.6 is 0 Å². The minimum absolute atomic E-state index is 0.172. The molecule has 2 saturated heterocycles. The minimum atomic E-state index is -1.15. The number of nitriles is 1. The van der Waals surface area contributed by atoms with Gasteiger partial charge in [0.25, 0.3) is 0 Å². The van der Waals surface area contributed by atoms with Gasteiger partial charge >= 0.3 is 6.09 Å². The van der Waals surface area contributed by atoms with Crippen LogP contribution in [0, 0.1) is 11.3 Å². The van der Waals surface area contributed by atoms with Crippen LogP contribution in [-0.2, 0) is 9.53 Å². The smallest absolute Gasteiger partial charge is 0.414 e. The second-order valence-electron chi connectivity index (χ2n) is 6.58. The summed E-state index contributed by atoms with van der Waals surface area (Å²) in [6.45, 7) is 2.89. The average Bonchev–Trinajstić information content (AvgIpc) is 3.03. The monoisotopic (exact) mass is 372 g/mol. The lowest BCUT2D eigenvalue weighted by Crippen LogP contribution is -2.37. The number of ether oxygens (including phenoxy) is 1. The number of cyclic esters (lactones) is 1. The molecule has 27 heavy (non-hydrogen) atoms. The average molecular weight is 372 g/mol. The van der Waals surface area contributed by atoms with E-state index in [2.05, 4.69) is 5.32 Å². The first kappa shape index (κ1) is 18.7. The number of carbonyl (C=O) groups is 2. The quantitative estimate of drug-likeness (QED) is 0.819. The van der Waals surface area contributed by atoms with Gasteiger partial charge in [0.2, 0.25) is 5.91 Å². The zero-order chi connectivity index (χ0) is 19.4. The standard InChI is InChI=1S/C19H21FN4O3/c1-13(25)22-10-17-11-24(19(26)27-17)16-4-2-15(3-5-16)23-9-7-14(6-8-21)18(20)12-23/h2-6,17-18H,7,9-12H2,1H3,(H,22,25). The van der Waals surface area contributed by atoms with Crippen LogP contribution in [0.1, 0.15) is 13.3 Å².